The van der Waals surface area contributed by atoms with E-state index in [1.165, 1.54) is 0 Å². The number of nitrogens with zero attached hydrogens (tertiary/aromatic N) is 3. The number of hydrogen-bond donors (Lipinski definition) is 0. The monoisotopic (exact) mass is 319 g/mol. The number of ether oxygens (including phenoxy) is 1. The summed E-state index contributed by atoms with van der Waals surface area (Å²) in [5.74, 6) is 2.21. The molecule has 3 heterocycles. The number of aryl methyl sites for hydroxylation is 2. The zero-order valence-corrected chi connectivity index (χ0v) is 14.7. The molecule has 0 bridgehead atoms. The van der Waals surface area contributed by atoms with Crippen molar-refractivity contribution in [3.63, 3.8) is 0 Å². The van der Waals surface area contributed by atoms with Crippen LogP contribution in [0.2, 0.25) is 0 Å². The average molecular weight is 319 g/mol. The summed E-state index contributed by atoms with van der Waals surface area (Å²) >= 11 is 0. The molecule has 0 amide bonds. The fraction of sp³-hybridized carbons (Fsp3) is 0.706. The minimum absolute atomic E-state index is 0.0297. The molecule has 6 nitrogen and oxygen atoms in total. The fourth-order valence-electron chi connectivity index (χ4n) is 3.50. The van der Waals surface area contributed by atoms with Gasteiger partial charge in [-0.1, -0.05) is 25.9 Å². The third-order valence-corrected chi connectivity index (χ3v) is 4.61. The van der Waals surface area contributed by atoms with Crippen LogP contribution in [0.15, 0.2) is 8.94 Å². The van der Waals surface area contributed by atoms with E-state index in [2.05, 4.69) is 36.1 Å². The lowest BCUT2D eigenvalue weighted by molar-refractivity contribution is 0.0170. The molecule has 2 aromatic heterocycles. The van der Waals surface area contributed by atoms with Gasteiger partial charge >= 0.3 is 0 Å². The smallest absolute Gasteiger partial charge is 0.223 e. The summed E-state index contributed by atoms with van der Waals surface area (Å²) in [4.78, 5) is 0. The lowest BCUT2D eigenvalue weighted by atomic mass is 9.81. The van der Waals surface area contributed by atoms with Crippen LogP contribution >= 0.6 is 0 Å². The lowest BCUT2D eigenvalue weighted by Crippen LogP contribution is -2.30. The average Bonchev–Trinajstić information content (AvgIpc) is 3.16. The predicted molar refractivity (Wildman–Crippen MR) is 84.3 cm³/mol. The zero-order valence-electron chi connectivity index (χ0n) is 14.7. The molecule has 0 N–H and O–H groups in total. The van der Waals surface area contributed by atoms with Crippen LogP contribution < -0.4 is 0 Å². The van der Waals surface area contributed by atoms with Crippen LogP contribution in [-0.4, -0.2) is 28.1 Å². The van der Waals surface area contributed by atoms with Crippen molar-refractivity contribution >= 4 is 0 Å². The molecule has 3 atom stereocenters. The Kier molecular flexibility index (Phi) is 4.04. The Morgan fingerprint density at radius 3 is 2.52 bits per heavy atom. The van der Waals surface area contributed by atoms with Gasteiger partial charge in [0.1, 0.15) is 5.76 Å². The van der Waals surface area contributed by atoms with E-state index in [9.17, 15) is 0 Å². The highest BCUT2D eigenvalue weighted by Gasteiger charge is 2.41. The molecule has 1 saturated heterocycles. The molecule has 6 heteroatoms. The summed E-state index contributed by atoms with van der Waals surface area (Å²) in [5, 5.41) is 12.6. The summed E-state index contributed by atoms with van der Waals surface area (Å²) in [5.41, 5.74) is 1.94. The summed E-state index contributed by atoms with van der Waals surface area (Å²) in [6, 6.07) is 0. The van der Waals surface area contributed by atoms with Crippen molar-refractivity contribution in [3.8, 4) is 0 Å². The van der Waals surface area contributed by atoms with Gasteiger partial charge in [0, 0.05) is 12.2 Å². The van der Waals surface area contributed by atoms with E-state index in [1.807, 2.05) is 20.8 Å². The van der Waals surface area contributed by atoms with Gasteiger partial charge in [0.15, 0.2) is 0 Å². The molecule has 0 aliphatic carbocycles. The van der Waals surface area contributed by atoms with Gasteiger partial charge in [0.2, 0.25) is 11.8 Å². The topological polar surface area (TPSA) is 74.2 Å². The molecule has 2 aromatic rings. The number of hydrogen-bond acceptors (Lipinski definition) is 6. The van der Waals surface area contributed by atoms with Crippen LogP contribution in [0.1, 0.15) is 74.8 Å². The third kappa shape index (κ3) is 2.92. The van der Waals surface area contributed by atoms with Crippen LogP contribution in [-0.2, 0) is 4.74 Å². The highest BCUT2D eigenvalue weighted by molar-refractivity contribution is 5.29. The van der Waals surface area contributed by atoms with Gasteiger partial charge in [-0.15, -0.1) is 10.2 Å². The minimum atomic E-state index is -0.0297. The molecule has 23 heavy (non-hydrogen) atoms. The first kappa shape index (κ1) is 16.2. The second kappa shape index (κ2) is 5.74. The quantitative estimate of drug-likeness (QED) is 0.858. The Bertz CT molecular complexity index is 664. The highest BCUT2D eigenvalue weighted by Crippen LogP contribution is 2.41. The van der Waals surface area contributed by atoms with Crippen molar-refractivity contribution in [1.29, 1.82) is 0 Å². The van der Waals surface area contributed by atoms with Gasteiger partial charge in [-0.2, -0.15) is 0 Å². The molecule has 1 fully saturated rings. The van der Waals surface area contributed by atoms with Crippen LogP contribution in [0.25, 0.3) is 0 Å². The Balaban J connectivity index is 1.86. The van der Waals surface area contributed by atoms with Crippen molar-refractivity contribution in [2.75, 3.05) is 6.61 Å². The lowest BCUT2D eigenvalue weighted by Gasteiger charge is -2.29. The van der Waals surface area contributed by atoms with E-state index in [0.717, 1.165) is 30.0 Å². The Hall–Kier alpha value is -1.69. The van der Waals surface area contributed by atoms with E-state index >= 15 is 0 Å². The highest BCUT2D eigenvalue weighted by atomic mass is 16.5. The van der Waals surface area contributed by atoms with Crippen LogP contribution in [0.5, 0.6) is 0 Å². The summed E-state index contributed by atoms with van der Waals surface area (Å²) < 4.78 is 17.2. The molecule has 3 rings (SSSR count). The summed E-state index contributed by atoms with van der Waals surface area (Å²) in [6.45, 7) is 13.2. The molecule has 0 spiro atoms. The van der Waals surface area contributed by atoms with Gasteiger partial charge < -0.3 is 13.7 Å². The molecule has 0 aromatic carbocycles. The molecule has 1 unspecified atom stereocenters. The molecular weight excluding hydrogens is 294 g/mol. The normalized spacial score (nSPS) is 23.4. The largest absolute Gasteiger partial charge is 0.424 e. The molecule has 0 radical (unpaired) electrons. The van der Waals surface area contributed by atoms with Gasteiger partial charge in [-0.3, -0.25) is 0 Å². The standard InChI is InChI=1S/C17H25N3O3/c1-9(13-10(2)20-23-11(13)3)15-18-19-16(22-15)12-7-8-21-14(12)17(4,5)6/h9,12,14H,7-8H2,1-6H3/t9?,12-,14-/m0/s1. The zero-order chi connectivity index (χ0) is 16.8. The van der Waals surface area contributed by atoms with Gasteiger partial charge in [-0.05, 0) is 32.6 Å². The van der Waals surface area contributed by atoms with E-state index < -0.39 is 0 Å². The van der Waals surface area contributed by atoms with E-state index in [0.29, 0.717) is 11.8 Å². The molecule has 0 saturated carbocycles. The molecule has 1 aliphatic heterocycles. The summed E-state index contributed by atoms with van der Waals surface area (Å²) in [6.07, 6.45) is 1.02. The van der Waals surface area contributed by atoms with Crippen molar-refractivity contribution in [2.45, 2.75) is 65.9 Å². The first-order valence-corrected chi connectivity index (χ1v) is 8.16. The van der Waals surface area contributed by atoms with Crippen LogP contribution in [0.4, 0.5) is 0 Å². The Morgan fingerprint density at radius 1 is 1.17 bits per heavy atom. The Labute approximate surface area is 136 Å². The van der Waals surface area contributed by atoms with Crippen molar-refractivity contribution in [2.24, 2.45) is 5.41 Å². The van der Waals surface area contributed by atoms with E-state index in [4.69, 9.17) is 13.7 Å². The van der Waals surface area contributed by atoms with Crippen molar-refractivity contribution < 1.29 is 13.7 Å². The first-order chi connectivity index (χ1) is 10.8. The maximum Gasteiger partial charge on any atom is 0.223 e. The Morgan fingerprint density at radius 2 is 1.91 bits per heavy atom. The second-order valence-electron chi connectivity index (χ2n) is 7.49. The third-order valence-electron chi connectivity index (χ3n) is 4.61. The van der Waals surface area contributed by atoms with E-state index in [1.54, 1.807) is 0 Å². The molecular formula is C17H25N3O3. The maximum absolute atomic E-state index is 6.02. The van der Waals surface area contributed by atoms with Crippen molar-refractivity contribution in [1.82, 2.24) is 15.4 Å². The predicted octanol–water partition coefficient (Wildman–Crippen LogP) is 3.74. The SMILES string of the molecule is Cc1noc(C)c1C(C)c1nnc([C@H]2CCO[C@@H]2C(C)(C)C)o1. The van der Waals surface area contributed by atoms with Gasteiger partial charge in [0.05, 0.1) is 23.6 Å². The second-order valence-corrected chi connectivity index (χ2v) is 7.49. The fourth-order valence-corrected chi connectivity index (χ4v) is 3.50. The van der Waals surface area contributed by atoms with E-state index in [-0.39, 0.29) is 23.4 Å². The van der Waals surface area contributed by atoms with Crippen molar-refractivity contribution in [3.05, 3.63) is 28.8 Å². The molecule has 1 aliphatic rings. The number of aromatic nitrogens is 3. The van der Waals surface area contributed by atoms with Crippen LogP contribution in [0, 0.1) is 19.3 Å². The summed E-state index contributed by atoms with van der Waals surface area (Å²) in [7, 11) is 0. The van der Waals surface area contributed by atoms with Crippen LogP contribution in [0.3, 0.4) is 0 Å². The van der Waals surface area contributed by atoms with Gasteiger partial charge in [-0.25, -0.2) is 0 Å². The first-order valence-electron chi connectivity index (χ1n) is 8.16. The number of rotatable bonds is 3. The minimum Gasteiger partial charge on any atom is -0.424 e. The van der Waals surface area contributed by atoms with Gasteiger partial charge in [0.25, 0.3) is 0 Å². The molecule has 126 valence electrons. The maximum atomic E-state index is 6.02.